The molecule has 1 aliphatic rings. The fourth-order valence-electron chi connectivity index (χ4n) is 4.65. The molecule has 27 heavy (non-hydrogen) atoms. The Kier molecular flexibility index (Phi) is 6.15. The van der Waals surface area contributed by atoms with Gasteiger partial charge < -0.3 is 10.8 Å². The maximum atomic E-state index is 11.8. The van der Waals surface area contributed by atoms with E-state index in [1.807, 2.05) is 24.3 Å². The third-order valence-corrected chi connectivity index (χ3v) is 7.84. The Hall–Kier alpha value is -0.770. The third kappa shape index (κ3) is 3.63. The van der Waals surface area contributed by atoms with Gasteiger partial charge in [0.05, 0.1) is 15.6 Å². The molecule has 0 bridgehead atoms. The molecule has 146 valence electrons. The van der Waals surface area contributed by atoms with Gasteiger partial charge in [0.15, 0.2) is 0 Å². The van der Waals surface area contributed by atoms with Gasteiger partial charge in [-0.1, -0.05) is 72.9 Å². The first kappa shape index (κ1) is 21.0. The Morgan fingerprint density at radius 1 is 1.11 bits per heavy atom. The lowest BCUT2D eigenvalue weighted by molar-refractivity contribution is -0.152. The Labute approximate surface area is 176 Å². The topological polar surface area (TPSA) is 46.2 Å². The summed E-state index contributed by atoms with van der Waals surface area (Å²) in [7, 11) is 0. The molecule has 0 aromatic heterocycles. The van der Waals surface area contributed by atoms with Crippen LogP contribution in [0.2, 0.25) is 15.1 Å². The Morgan fingerprint density at radius 3 is 2.41 bits per heavy atom. The van der Waals surface area contributed by atoms with Crippen LogP contribution in [0.3, 0.4) is 0 Å². The zero-order valence-electron chi connectivity index (χ0n) is 15.7. The number of hydrogen-bond donors (Lipinski definition) is 2. The quantitative estimate of drug-likeness (QED) is 0.621. The summed E-state index contributed by atoms with van der Waals surface area (Å²) in [6.07, 6.45) is 2.43. The molecule has 2 nitrogen and oxygen atoms in total. The van der Waals surface area contributed by atoms with E-state index in [1.165, 1.54) is 5.56 Å². The minimum absolute atomic E-state index is 0.201. The van der Waals surface area contributed by atoms with Crippen molar-refractivity contribution in [2.45, 2.75) is 38.7 Å². The summed E-state index contributed by atoms with van der Waals surface area (Å²) in [5.41, 5.74) is 6.56. The normalized spacial score (nSPS) is 31.1. The van der Waals surface area contributed by atoms with Crippen LogP contribution in [0.15, 0.2) is 42.5 Å². The van der Waals surface area contributed by atoms with Gasteiger partial charge in [-0.25, -0.2) is 0 Å². The average molecular weight is 427 g/mol. The van der Waals surface area contributed by atoms with Crippen LogP contribution in [-0.2, 0) is 12.0 Å². The van der Waals surface area contributed by atoms with Crippen molar-refractivity contribution < 1.29 is 5.11 Å². The summed E-state index contributed by atoms with van der Waals surface area (Å²) in [5, 5.41) is 13.4. The van der Waals surface area contributed by atoms with Gasteiger partial charge in [0.2, 0.25) is 0 Å². The lowest BCUT2D eigenvalue weighted by Crippen LogP contribution is -2.57. The Bertz CT molecular complexity index is 810. The molecule has 1 aliphatic carbocycles. The maximum Gasteiger partial charge on any atom is 0.0979 e. The molecule has 5 heteroatoms. The average Bonchev–Trinajstić information content (AvgIpc) is 2.66. The second-order valence-electron chi connectivity index (χ2n) is 8.00. The van der Waals surface area contributed by atoms with Gasteiger partial charge >= 0.3 is 0 Å². The molecule has 1 fully saturated rings. The van der Waals surface area contributed by atoms with E-state index in [2.05, 4.69) is 26.0 Å². The van der Waals surface area contributed by atoms with Crippen molar-refractivity contribution in [3.63, 3.8) is 0 Å². The van der Waals surface area contributed by atoms with Crippen LogP contribution in [0.1, 0.15) is 37.8 Å². The number of nitrogens with two attached hydrogens (primary N) is 1. The minimum atomic E-state index is -1.11. The van der Waals surface area contributed by atoms with Crippen molar-refractivity contribution in [1.82, 2.24) is 0 Å². The highest BCUT2D eigenvalue weighted by Crippen LogP contribution is 2.57. The molecule has 0 amide bonds. The molecule has 0 aliphatic heterocycles. The highest BCUT2D eigenvalue weighted by molar-refractivity contribution is 6.42. The Balaban J connectivity index is 1.94. The molecule has 4 atom stereocenters. The molecule has 2 aromatic rings. The zero-order chi connectivity index (χ0) is 19.8. The first-order valence-electron chi connectivity index (χ1n) is 9.34. The smallest absolute Gasteiger partial charge is 0.0979 e. The Morgan fingerprint density at radius 2 is 1.78 bits per heavy atom. The SMILES string of the molecule is CC1C(Cc2ccc(Cl)cc2)CCC(O)(c2cccc(Cl)c2Cl)C1(C)CN. The van der Waals surface area contributed by atoms with Crippen LogP contribution in [0.25, 0.3) is 0 Å². The maximum absolute atomic E-state index is 11.8. The summed E-state index contributed by atoms with van der Waals surface area (Å²) >= 11 is 18.7. The lowest BCUT2D eigenvalue weighted by atomic mass is 9.53. The van der Waals surface area contributed by atoms with Gasteiger partial charge in [-0.15, -0.1) is 0 Å². The first-order chi connectivity index (χ1) is 12.7. The van der Waals surface area contributed by atoms with Crippen LogP contribution in [0.4, 0.5) is 0 Å². The summed E-state index contributed by atoms with van der Waals surface area (Å²) in [6, 6.07) is 13.4. The summed E-state index contributed by atoms with van der Waals surface area (Å²) in [4.78, 5) is 0. The molecule has 0 heterocycles. The van der Waals surface area contributed by atoms with Gasteiger partial charge in [-0.05, 0) is 54.9 Å². The summed E-state index contributed by atoms with van der Waals surface area (Å²) in [6.45, 7) is 4.63. The zero-order valence-corrected chi connectivity index (χ0v) is 18.0. The molecule has 3 rings (SSSR count). The van der Waals surface area contributed by atoms with E-state index in [4.69, 9.17) is 40.5 Å². The molecule has 2 aromatic carbocycles. The standard InChI is InChI=1S/C22H26Cl3NO/c1-14-16(12-15-6-8-17(23)9-7-15)10-11-22(27,21(14,2)13-26)18-4-3-5-19(24)20(18)25/h3-9,14,16,27H,10-13,26H2,1-2H3. The van der Waals surface area contributed by atoms with E-state index >= 15 is 0 Å². The van der Waals surface area contributed by atoms with E-state index in [0.29, 0.717) is 34.5 Å². The van der Waals surface area contributed by atoms with Crippen molar-refractivity contribution in [3.8, 4) is 0 Å². The summed E-state index contributed by atoms with van der Waals surface area (Å²) < 4.78 is 0. The molecule has 0 spiro atoms. The molecule has 4 unspecified atom stereocenters. The highest BCUT2D eigenvalue weighted by atomic mass is 35.5. The molecule has 1 saturated carbocycles. The largest absolute Gasteiger partial charge is 0.384 e. The van der Waals surface area contributed by atoms with Crippen LogP contribution in [-0.4, -0.2) is 11.7 Å². The van der Waals surface area contributed by atoms with E-state index in [9.17, 15) is 5.11 Å². The van der Waals surface area contributed by atoms with Gasteiger partial charge in [-0.3, -0.25) is 0 Å². The molecule has 0 saturated heterocycles. The highest BCUT2D eigenvalue weighted by Gasteiger charge is 2.55. The molecule has 3 N–H and O–H groups in total. The van der Waals surface area contributed by atoms with E-state index in [1.54, 1.807) is 6.07 Å². The van der Waals surface area contributed by atoms with Gasteiger partial charge in [0.1, 0.15) is 0 Å². The van der Waals surface area contributed by atoms with Crippen LogP contribution in [0, 0.1) is 17.3 Å². The van der Waals surface area contributed by atoms with Crippen molar-refractivity contribution in [2.75, 3.05) is 6.54 Å². The number of rotatable bonds is 4. The fraction of sp³-hybridized carbons (Fsp3) is 0.455. The number of aliphatic hydroxyl groups is 1. The van der Waals surface area contributed by atoms with Gasteiger partial charge in [0.25, 0.3) is 0 Å². The second-order valence-corrected chi connectivity index (χ2v) is 9.22. The monoisotopic (exact) mass is 425 g/mol. The van der Waals surface area contributed by atoms with Gasteiger partial charge in [-0.2, -0.15) is 0 Å². The molecular formula is C22H26Cl3NO. The van der Waals surface area contributed by atoms with Crippen LogP contribution >= 0.6 is 34.8 Å². The number of benzene rings is 2. The number of hydrogen-bond acceptors (Lipinski definition) is 2. The minimum Gasteiger partial charge on any atom is -0.384 e. The van der Waals surface area contributed by atoms with Crippen molar-refractivity contribution in [3.05, 3.63) is 68.7 Å². The fourth-order valence-corrected chi connectivity index (χ4v) is 5.23. The molecule has 0 radical (unpaired) electrons. The lowest BCUT2D eigenvalue weighted by Gasteiger charge is -2.55. The van der Waals surface area contributed by atoms with E-state index in [-0.39, 0.29) is 5.92 Å². The van der Waals surface area contributed by atoms with Gasteiger partial charge in [0, 0.05) is 22.5 Å². The summed E-state index contributed by atoms with van der Waals surface area (Å²) in [5.74, 6) is 0.616. The van der Waals surface area contributed by atoms with Crippen molar-refractivity contribution >= 4 is 34.8 Å². The second kappa shape index (κ2) is 7.93. The van der Waals surface area contributed by atoms with E-state index in [0.717, 1.165) is 17.9 Å². The van der Waals surface area contributed by atoms with Crippen LogP contribution in [0.5, 0.6) is 0 Å². The van der Waals surface area contributed by atoms with Crippen LogP contribution < -0.4 is 5.73 Å². The third-order valence-electron chi connectivity index (χ3n) is 6.77. The predicted molar refractivity (Wildman–Crippen MR) is 115 cm³/mol. The number of halogens is 3. The first-order valence-corrected chi connectivity index (χ1v) is 10.5. The van der Waals surface area contributed by atoms with E-state index < -0.39 is 11.0 Å². The van der Waals surface area contributed by atoms with Crippen molar-refractivity contribution in [1.29, 1.82) is 0 Å². The molecular weight excluding hydrogens is 401 g/mol. The van der Waals surface area contributed by atoms with Crippen molar-refractivity contribution in [2.24, 2.45) is 23.0 Å². The predicted octanol–water partition coefficient (Wildman–Crippen LogP) is 6.09.